The summed E-state index contributed by atoms with van der Waals surface area (Å²) in [5, 5.41) is 23.9. The number of amides is 1. The maximum Gasteiger partial charge on any atom is 0.306 e. The van der Waals surface area contributed by atoms with E-state index in [1.54, 1.807) is 0 Å². The Hall–Kier alpha value is -1.40. The molecular weight excluding hydrogens is 767 g/mol. The first-order valence-electron chi connectivity index (χ1n) is 27.9. The maximum absolute atomic E-state index is 13.2. The van der Waals surface area contributed by atoms with E-state index in [4.69, 9.17) is 4.74 Å². The van der Waals surface area contributed by atoms with Crippen LogP contribution in [-0.2, 0) is 14.3 Å². The van der Waals surface area contributed by atoms with Gasteiger partial charge in [-0.15, -0.1) is 0 Å². The standard InChI is InChI=1S/C56H109NO5/c1-4-7-10-13-16-19-22-25-27-29-30-33-36-39-42-45-48-54(59)53(51-58)57-55(60)50-52(47-44-41-38-35-32-24-21-18-15-12-9-6-3)62-56(61)49-46-43-40-37-34-31-28-26-23-20-17-14-11-8-5-2/h20,23,52-54,58-59H,4-19,21-22,24-51H2,1-3H3,(H,57,60)/b23-20-. The number of ether oxygens (including phenoxy) is 1. The highest BCUT2D eigenvalue weighted by molar-refractivity contribution is 5.77. The average molecular weight is 876 g/mol. The Bertz CT molecular complexity index is 939. The van der Waals surface area contributed by atoms with Gasteiger partial charge in [0.1, 0.15) is 6.10 Å². The highest BCUT2D eigenvalue weighted by Crippen LogP contribution is 2.19. The van der Waals surface area contributed by atoms with Crippen molar-refractivity contribution in [2.45, 2.75) is 328 Å². The molecule has 0 heterocycles. The molecule has 0 saturated heterocycles. The van der Waals surface area contributed by atoms with Crippen molar-refractivity contribution in [3.63, 3.8) is 0 Å². The third-order valence-electron chi connectivity index (χ3n) is 13.1. The van der Waals surface area contributed by atoms with Gasteiger partial charge >= 0.3 is 5.97 Å². The van der Waals surface area contributed by atoms with Crippen LogP contribution < -0.4 is 5.32 Å². The Morgan fingerprint density at radius 2 is 0.774 bits per heavy atom. The Morgan fingerprint density at radius 1 is 0.452 bits per heavy atom. The second-order valence-electron chi connectivity index (χ2n) is 19.3. The second-order valence-corrected chi connectivity index (χ2v) is 19.3. The van der Waals surface area contributed by atoms with Gasteiger partial charge in [-0.1, -0.05) is 258 Å². The zero-order valence-electron chi connectivity index (χ0n) is 42.0. The summed E-state index contributed by atoms with van der Waals surface area (Å²) in [5.41, 5.74) is 0. The summed E-state index contributed by atoms with van der Waals surface area (Å²) < 4.78 is 5.95. The van der Waals surface area contributed by atoms with E-state index in [-0.39, 0.29) is 24.9 Å². The lowest BCUT2D eigenvalue weighted by Crippen LogP contribution is -2.46. The molecule has 6 heteroatoms. The van der Waals surface area contributed by atoms with Crippen molar-refractivity contribution in [2.75, 3.05) is 6.61 Å². The Kier molecular flexibility index (Phi) is 49.5. The largest absolute Gasteiger partial charge is 0.462 e. The molecule has 0 radical (unpaired) electrons. The van der Waals surface area contributed by atoms with Crippen LogP contribution in [0.4, 0.5) is 0 Å². The predicted molar refractivity (Wildman–Crippen MR) is 269 cm³/mol. The van der Waals surface area contributed by atoms with Gasteiger partial charge in [-0.3, -0.25) is 9.59 Å². The van der Waals surface area contributed by atoms with Crippen molar-refractivity contribution >= 4 is 11.9 Å². The number of unbranched alkanes of at least 4 members (excludes halogenated alkanes) is 37. The molecule has 0 aliphatic heterocycles. The van der Waals surface area contributed by atoms with Crippen LogP contribution in [0, 0.1) is 0 Å². The van der Waals surface area contributed by atoms with E-state index in [0.717, 1.165) is 44.9 Å². The Labute approximate surface area is 387 Å². The molecule has 0 spiro atoms. The quantitative estimate of drug-likeness (QED) is 0.0321. The molecule has 0 bridgehead atoms. The molecule has 0 aliphatic rings. The van der Waals surface area contributed by atoms with Crippen LogP contribution in [0.1, 0.15) is 310 Å². The molecule has 62 heavy (non-hydrogen) atoms. The molecular formula is C56H109NO5. The molecule has 0 aromatic heterocycles. The van der Waals surface area contributed by atoms with Crippen molar-refractivity contribution in [3.05, 3.63) is 12.2 Å². The normalized spacial score (nSPS) is 13.2. The number of nitrogens with one attached hydrogen (secondary N) is 1. The van der Waals surface area contributed by atoms with Gasteiger partial charge in [-0.2, -0.15) is 0 Å². The molecule has 3 N–H and O–H groups in total. The summed E-state index contributed by atoms with van der Waals surface area (Å²) >= 11 is 0. The Morgan fingerprint density at radius 3 is 1.16 bits per heavy atom. The van der Waals surface area contributed by atoms with E-state index >= 15 is 0 Å². The van der Waals surface area contributed by atoms with Gasteiger partial charge in [-0.05, 0) is 51.4 Å². The van der Waals surface area contributed by atoms with Crippen molar-refractivity contribution in [1.29, 1.82) is 0 Å². The van der Waals surface area contributed by atoms with E-state index in [1.807, 2.05) is 0 Å². The summed E-state index contributed by atoms with van der Waals surface area (Å²) in [7, 11) is 0. The number of hydrogen-bond acceptors (Lipinski definition) is 5. The van der Waals surface area contributed by atoms with Gasteiger partial charge in [0.2, 0.25) is 5.91 Å². The van der Waals surface area contributed by atoms with Crippen LogP contribution in [0.2, 0.25) is 0 Å². The molecule has 0 saturated carbocycles. The first kappa shape index (κ1) is 60.6. The number of carbonyl (C=O) groups excluding carboxylic acids is 2. The highest BCUT2D eigenvalue weighted by atomic mass is 16.5. The summed E-state index contributed by atoms with van der Waals surface area (Å²) in [4.78, 5) is 26.2. The average Bonchev–Trinajstić information content (AvgIpc) is 3.26. The smallest absolute Gasteiger partial charge is 0.306 e. The van der Waals surface area contributed by atoms with Crippen molar-refractivity contribution in [3.8, 4) is 0 Å². The second kappa shape index (κ2) is 50.6. The van der Waals surface area contributed by atoms with Crippen LogP contribution >= 0.6 is 0 Å². The van der Waals surface area contributed by atoms with Gasteiger partial charge < -0.3 is 20.3 Å². The first-order valence-corrected chi connectivity index (χ1v) is 27.9. The molecule has 3 atom stereocenters. The third kappa shape index (κ3) is 45.2. The van der Waals surface area contributed by atoms with Crippen molar-refractivity contribution in [2.24, 2.45) is 0 Å². The minimum Gasteiger partial charge on any atom is -0.462 e. The molecule has 0 fully saturated rings. The SMILES string of the molecule is CCCCCC/C=C\CCCCCCCCCC(=O)OC(CCCCCCCCCCCCCC)CC(=O)NC(CO)C(O)CCCCCCCCCCCCCCCCCC. The number of esters is 1. The molecule has 1 amide bonds. The summed E-state index contributed by atoms with van der Waals surface area (Å²) in [6.45, 7) is 6.51. The van der Waals surface area contributed by atoms with E-state index in [2.05, 4.69) is 38.2 Å². The third-order valence-corrected chi connectivity index (χ3v) is 13.1. The monoisotopic (exact) mass is 876 g/mol. The van der Waals surface area contributed by atoms with Crippen molar-refractivity contribution in [1.82, 2.24) is 5.32 Å². The number of aliphatic hydroxyl groups is 2. The zero-order valence-corrected chi connectivity index (χ0v) is 42.0. The van der Waals surface area contributed by atoms with E-state index in [9.17, 15) is 19.8 Å². The first-order chi connectivity index (χ1) is 30.5. The van der Waals surface area contributed by atoms with Gasteiger partial charge in [0.15, 0.2) is 0 Å². The van der Waals surface area contributed by atoms with Crippen LogP contribution in [0.5, 0.6) is 0 Å². The Balaban J connectivity index is 4.47. The molecule has 0 rings (SSSR count). The summed E-state index contributed by atoms with van der Waals surface area (Å²) in [6, 6.07) is -0.696. The van der Waals surface area contributed by atoms with E-state index in [0.29, 0.717) is 19.3 Å². The minimum absolute atomic E-state index is 0.0834. The number of hydrogen-bond donors (Lipinski definition) is 3. The van der Waals surface area contributed by atoms with Crippen LogP contribution in [0.25, 0.3) is 0 Å². The number of allylic oxidation sites excluding steroid dienone is 2. The molecule has 3 unspecified atom stereocenters. The molecule has 368 valence electrons. The fourth-order valence-corrected chi connectivity index (χ4v) is 8.84. The van der Waals surface area contributed by atoms with Crippen LogP contribution in [0.15, 0.2) is 12.2 Å². The van der Waals surface area contributed by atoms with E-state index in [1.165, 1.54) is 218 Å². The van der Waals surface area contributed by atoms with Gasteiger partial charge in [-0.25, -0.2) is 0 Å². The topological polar surface area (TPSA) is 95.9 Å². The van der Waals surface area contributed by atoms with Crippen molar-refractivity contribution < 1.29 is 24.5 Å². The lowest BCUT2D eigenvalue weighted by Gasteiger charge is -2.24. The highest BCUT2D eigenvalue weighted by Gasteiger charge is 2.24. The van der Waals surface area contributed by atoms with Gasteiger partial charge in [0.05, 0.1) is 25.2 Å². The van der Waals surface area contributed by atoms with Crippen LogP contribution in [-0.4, -0.2) is 46.9 Å². The lowest BCUT2D eigenvalue weighted by molar-refractivity contribution is -0.151. The summed E-state index contributed by atoms with van der Waals surface area (Å²) in [6.07, 6.45) is 57.0. The molecule has 6 nitrogen and oxygen atoms in total. The maximum atomic E-state index is 13.2. The van der Waals surface area contributed by atoms with Crippen LogP contribution in [0.3, 0.4) is 0 Å². The molecule has 0 aliphatic carbocycles. The fourth-order valence-electron chi connectivity index (χ4n) is 8.84. The lowest BCUT2D eigenvalue weighted by atomic mass is 10.0. The summed E-state index contributed by atoms with van der Waals surface area (Å²) in [5.74, 6) is -0.459. The van der Waals surface area contributed by atoms with Gasteiger partial charge in [0, 0.05) is 6.42 Å². The van der Waals surface area contributed by atoms with Gasteiger partial charge in [0.25, 0.3) is 0 Å². The number of carbonyl (C=O) groups is 2. The van der Waals surface area contributed by atoms with E-state index < -0.39 is 18.2 Å². The number of aliphatic hydroxyl groups excluding tert-OH is 2. The number of rotatable bonds is 51. The fraction of sp³-hybridized carbons (Fsp3) is 0.929. The molecule has 0 aromatic rings. The minimum atomic E-state index is -0.783. The predicted octanol–water partition coefficient (Wildman–Crippen LogP) is 16.9. The molecule has 0 aromatic carbocycles. The zero-order chi connectivity index (χ0) is 45.2.